The fraction of sp³-hybridized carbons (Fsp3) is 0.267. The van der Waals surface area contributed by atoms with Gasteiger partial charge in [0.15, 0.2) is 0 Å². The predicted octanol–water partition coefficient (Wildman–Crippen LogP) is 4.05. The number of nitrogens with zero attached hydrogens (tertiary/aromatic N) is 1. The van der Waals surface area contributed by atoms with Gasteiger partial charge in [-0.2, -0.15) is 0 Å². The summed E-state index contributed by atoms with van der Waals surface area (Å²) >= 11 is 3.43. The first-order valence-corrected chi connectivity index (χ1v) is 9.34. The van der Waals surface area contributed by atoms with E-state index in [1.165, 1.54) is 0 Å². The molecule has 0 radical (unpaired) electrons. The van der Waals surface area contributed by atoms with E-state index < -0.39 is 10.0 Å². The maximum atomic E-state index is 11.7. The van der Waals surface area contributed by atoms with E-state index in [0.717, 1.165) is 21.4 Å². The van der Waals surface area contributed by atoms with Crippen molar-refractivity contribution in [3.63, 3.8) is 0 Å². The molecule has 0 aliphatic rings. The van der Waals surface area contributed by atoms with E-state index in [2.05, 4.69) is 31.0 Å². The molecule has 0 saturated heterocycles. The molecule has 0 atom stereocenters. The Hall–Kier alpha value is -1.60. The zero-order valence-corrected chi connectivity index (χ0v) is 14.8. The number of hydrogen-bond donors (Lipinski definition) is 2. The predicted molar refractivity (Wildman–Crippen MR) is 94.1 cm³/mol. The lowest BCUT2D eigenvalue weighted by Gasteiger charge is -2.11. The zero-order chi connectivity index (χ0) is 16.2. The smallest absolute Gasteiger partial charge is 0.233 e. The first-order chi connectivity index (χ1) is 10.4. The normalized spacial score (nSPS) is 11.2. The quantitative estimate of drug-likeness (QED) is 0.788. The van der Waals surface area contributed by atoms with E-state index in [-0.39, 0.29) is 5.75 Å². The summed E-state index contributed by atoms with van der Waals surface area (Å²) in [5.41, 5.74) is 2.87. The monoisotopic (exact) mass is 383 g/mol. The third kappa shape index (κ3) is 4.71. The number of anilines is 3. The molecular weight excluding hydrogens is 366 g/mol. The van der Waals surface area contributed by atoms with Crippen LogP contribution in [-0.2, 0) is 10.0 Å². The van der Waals surface area contributed by atoms with E-state index >= 15 is 0 Å². The second-order valence-corrected chi connectivity index (χ2v) is 7.69. The molecule has 0 amide bonds. The number of sulfonamides is 1. The van der Waals surface area contributed by atoms with Crippen LogP contribution in [0.25, 0.3) is 0 Å². The minimum absolute atomic E-state index is 0.0900. The van der Waals surface area contributed by atoms with Crippen LogP contribution in [0.2, 0.25) is 0 Å². The van der Waals surface area contributed by atoms with Crippen LogP contribution in [0.1, 0.15) is 18.9 Å². The van der Waals surface area contributed by atoms with Crippen LogP contribution in [0.5, 0.6) is 0 Å². The molecule has 118 valence electrons. The van der Waals surface area contributed by atoms with Gasteiger partial charge in [-0.15, -0.1) is 0 Å². The van der Waals surface area contributed by atoms with Crippen LogP contribution in [0.3, 0.4) is 0 Å². The highest BCUT2D eigenvalue weighted by molar-refractivity contribution is 9.10. The second kappa shape index (κ2) is 7.11. The number of pyridine rings is 1. The lowest BCUT2D eigenvalue weighted by atomic mass is 10.2. The van der Waals surface area contributed by atoms with Gasteiger partial charge in [0.1, 0.15) is 5.82 Å². The minimum atomic E-state index is -3.31. The Morgan fingerprint density at radius 3 is 2.59 bits per heavy atom. The molecule has 1 aromatic carbocycles. The summed E-state index contributed by atoms with van der Waals surface area (Å²) in [5, 5.41) is 3.25. The van der Waals surface area contributed by atoms with Crippen LogP contribution in [0.15, 0.2) is 41.0 Å². The van der Waals surface area contributed by atoms with E-state index in [1.807, 2.05) is 32.0 Å². The highest BCUT2D eigenvalue weighted by Gasteiger charge is 2.09. The summed E-state index contributed by atoms with van der Waals surface area (Å²) in [7, 11) is -3.31. The van der Waals surface area contributed by atoms with Gasteiger partial charge in [0.05, 0.1) is 17.6 Å². The molecule has 0 aliphatic carbocycles. The van der Waals surface area contributed by atoms with Gasteiger partial charge in [0.25, 0.3) is 0 Å². The average Bonchev–Trinajstić information content (AvgIpc) is 2.43. The highest BCUT2D eigenvalue weighted by atomic mass is 79.9. The van der Waals surface area contributed by atoms with Crippen molar-refractivity contribution in [3.05, 3.63) is 46.6 Å². The molecule has 22 heavy (non-hydrogen) atoms. The Bertz CT molecular complexity index is 746. The number of rotatable bonds is 6. The van der Waals surface area contributed by atoms with Gasteiger partial charge in [-0.1, -0.05) is 22.9 Å². The van der Waals surface area contributed by atoms with Crippen molar-refractivity contribution in [3.8, 4) is 0 Å². The Labute approximate surface area is 139 Å². The molecule has 0 spiro atoms. The molecule has 7 heteroatoms. The lowest BCUT2D eigenvalue weighted by molar-refractivity contribution is 0.599. The number of nitrogens with one attached hydrogen (secondary N) is 2. The summed E-state index contributed by atoms with van der Waals surface area (Å²) in [5.74, 6) is 0.416. The van der Waals surface area contributed by atoms with Crippen molar-refractivity contribution >= 4 is 43.1 Å². The maximum absolute atomic E-state index is 11.7. The molecule has 0 fully saturated rings. The van der Waals surface area contributed by atoms with Crippen molar-refractivity contribution in [2.24, 2.45) is 0 Å². The van der Waals surface area contributed by atoms with Crippen LogP contribution >= 0.6 is 15.9 Å². The average molecular weight is 384 g/mol. The van der Waals surface area contributed by atoms with Gasteiger partial charge in [-0.3, -0.25) is 4.72 Å². The SMILES string of the molecule is CCCS(=O)(=O)Nc1ccc(Nc2ccc(Br)cc2C)cn1. The maximum Gasteiger partial charge on any atom is 0.233 e. The van der Waals surface area contributed by atoms with Crippen molar-refractivity contribution < 1.29 is 8.42 Å². The topological polar surface area (TPSA) is 71.1 Å². The zero-order valence-electron chi connectivity index (χ0n) is 12.4. The van der Waals surface area contributed by atoms with E-state index in [4.69, 9.17) is 0 Å². The Morgan fingerprint density at radius 2 is 2.00 bits per heavy atom. The summed E-state index contributed by atoms with van der Waals surface area (Å²) < 4.78 is 26.8. The Morgan fingerprint density at radius 1 is 1.23 bits per heavy atom. The third-order valence-electron chi connectivity index (χ3n) is 2.96. The van der Waals surface area contributed by atoms with E-state index in [1.54, 1.807) is 18.3 Å². The molecule has 2 N–H and O–H groups in total. The molecule has 1 aromatic heterocycles. The van der Waals surface area contributed by atoms with Gasteiger partial charge in [0, 0.05) is 10.2 Å². The standard InChI is InChI=1S/C15H18BrN3O2S/c1-3-8-22(20,21)19-15-7-5-13(10-17-15)18-14-6-4-12(16)9-11(14)2/h4-7,9-10,18H,3,8H2,1-2H3,(H,17,19). The molecule has 5 nitrogen and oxygen atoms in total. The second-order valence-electron chi connectivity index (χ2n) is 4.94. The van der Waals surface area contributed by atoms with Crippen LogP contribution < -0.4 is 10.0 Å². The third-order valence-corrected chi connectivity index (χ3v) is 4.92. The van der Waals surface area contributed by atoms with Gasteiger partial charge in [-0.05, 0) is 49.2 Å². The Kier molecular flexibility index (Phi) is 5.42. The fourth-order valence-electron chi connectivity index (χ4n) is 1.93. The summed E-state index contributed by atoms with van der Waals surface area (Å²) in [4.78, 5) is 4.13. The van der Waals surface area contributed by atoms with Crippen LogP contribution in [-0.4, -0.2) is 19.2 Å². The first-order valence-electron chi connectivity index (χ1n) is 6.89. The number of aromatic nitrogens is 1. The van der Waals surface area contributed by atoms with Crippen molar-refractivity contribution in [1.82, 2.24) is 4.98 Å². The van der Waals surface area contributed by atoms with Gasteiger partial charge in [0.2, 0.25) is 10.0 Å². The van der Waals surface area contributed by atoms with E-state index in [0.29, 0.717) is 12.2 Å². The fourth-order valence-corrected chi connectivity index (χ4v) is 3.48. The van der Waals surface area contributed by atoms with Crippen LogP contribution in [0, 0.1) is 6.92 Å². The summed E-state index contributed by atoms with van der Waals surface area (Å²) in [6, 6.07) is 9.37. The van der Waals surface area contributed by atoms with Gasteiger partial charge < -0.3 is 5.32 Å². The molecule has 0 unspecified atom stereocenters. The Balaban J connectivity index is 2.09. The van der Waals surface area contributed by atoms with Crippen molar-refractivity contribution in [2.45, 2.75) is 20.3 Å². The molecule has 1 heterocycles. The largest absolute Gasteiger partial charge is 0.354 e. The number of halogens is 1. The van der Waals surface area contributed by atoms with E-state index in [9.17, 15) is 8.42 Å². The van der Waals surface area contributed by atoms with Crippen molar-refractivity contribution in [2.75, 3.05) is 15.8 Å². The molecule has 0 saturated carbocycles. The molecular formula is C15H18BrN3O2S. The summed E-state index contributed by atoms with van der Waals surface area (Å²) in [6.07, 6.45) is 2.17. The highest BCUT2D eigenvalue weighted by Crippen LogP contribution is 2.24. The number of hydrogen-bond acceptors (Lipinski definition) is 4. The molecule has 2 aromatic rings. The van der Waals surface area contributed by atoms with Gasteiger partial charge >= 0.3 is 0 Å². The first kappa shape index (κ1) is 16.8. The van der Waals surface area contributed by atoms with Crippen LogP contribution in [0.4, 0.5) is 17.2 Å². The van der Waals surface area contributed by atoms with Crippen molar-refractivity contribution in [1.29, 1.82) is 0 Å². The molecule has 0 bridgehead atoms. The number of benzene rings is 1. The lowest BCUT2D eigenvalue weighted by Crippen LogP contribution is -2.16. The van der Waals surface area contributed by atoms with Gasteiger partial charge in [-0.25, -0.2) is 13.4 Å². The minimum Gasteiger partial charge on any atom is -0.354 e. The summed E-state index contributed by atoms with van der Waals surface area (Å²) in [6.45, 7) is 3.83. The number of aryl methyl sites for hydroxylation is 1. The molecule has 2 rings (SSSR count). The molecule has 0 aliphatic heterocycles.